The molecular weight excluding hydrogens is 380 g/mol. The van der Waals surface area contributed by atoms with E-state index in [1.807, 2.05) is 0 Å². The van der Waals surface area contributed by atoms with Crippen LogP contribution in [0, 0.1) is 11.6 Å². The topological polar surface area (TPSA) is 79.0 Å². The number of carbonyl (C=O) groups excluding carboxylic acids is 1. The molecule has 0 aromatic heterocycles. The number of nitrogens with one attached hydrogen (secondary N) is 1. The first-order chi connectivity index (χ1) is 12.8. The van der Waals surface area contributed by atoms with Crippen LogP contribution in [0.25, 0.3) is 0 Å². The van der Waals surface area contributed by atoms with Gasteiger partial charge in [-0.3, -0.25) is 14.0 Å². The van der Waals surface area contributed by atoms with Gasteiger partial charge in [0, 0.05) is 45.2 Å². The average molecular weight is 405 g/mol. The van der Waals surface area contributed by atoms with Crippen LogP contribution in [0.1, 0.15) is 12.8 Å². The Labute approximate surface area is 158 Å². The molecule has 2 rings (SSSR count). The molecule has 0 atom stereocenters. The number of rotatable bonds is 9. The molecule has 0 aliphatic carbocycles. The Morgan fingerprint density at radius 3 is 2.59 bits per heavy atom. The Hall–Kier alpha value is -1.78. The molecule has 1 aliphatic rings. The van der Waals surface area contributed by atoms with Gasteiger partial charge in [-0.05, 0) is 18.6 Å². The van der Waals surface area contributed by atoms with E-state index in [2.05, 4.69) is 10.2 Å². The summed E-state index contributed by atoms with van der Waals surface area (Å²) in [5, 5.41) is 2.80. The number of anilines is 1. The van der Waals surface area contributed by atoms with E-state index in [1.165, 1.54) is 6.07 Å². The van der Waals surface area contributed by atoms with Crippen LogP contribution in [-0.2, 0) is 19.6 Å². The SMILES string of the molecule is CS(=O)(=O)N(CCCC(=O)NCCN1CCOCC1)c1ccc(F)c(F)c1. The van der Waals surface area contributed by atoms with Crippen molar-refractivity contribution in [3.8, 4) is 0 Å². The fourth-order valence-corrected chi connectivity index (χ4v) is 3.73. The molecule has 1 amide bonds. The summed E-state index contributed by atoms with van der Waals surface area (Å²) in [5.41, 5.74) is 0.0316. The van der Waals surface area contributed by atoms with Crippen LogP contribution in [0.5, 0.6) is 0 Å². The smallest absolute Gasteiger partial charge is 0.232 e. The maximum absolute atomic E-state index is 13.4. The molecule has 1 aliphatic heterocycles. The molecule has 1 N–H and O–H groups in total. The quantitative estimate of drug-likeness (QED) is 0.662. The summed E-state index contributed by atoms with van der Waals surface area (Å²) in [6.45, 7) is 4.32. The first-order valence-electron chi connectivity index (χ1n) is 8.77. The maximum atomic E-state index is 13.4. The summed E-state index contributed by atoms with van der Waals surface area (Å²) in [6.07, 6.45) is 1.38. The Balaban J connectivity index is 1.79. The van der Waals surface area contributed by atoms with Crippen LogP contribution in [0.3, 0.4) is 0 Å². The monoisotopic (exact) mass is 405 g/mol. The lowest BCUT2D eigenvalue weighted by molar-refractivity contribution is -0.121. The fourth-order valence-electron chi connectivity index (χ4n) is 2.78. The molecule has 10 heteroatoms. The maximum Gasteiger partial charge on any atom is 0.232 e. The van der Waals surface area contributed by atoms with E-state index >= 15 is 0 Å². The lowest BCUT2D eigenvalue weighted by Crippen LogP contribution is -2.41. The molecular formula is C17H25F2N3O4S. The number of morpholine rings is 1. The number of sulfonamides is 1. The summed E-state index contributed by atoms with van der Waals surface area (Å²) in [4.78, 5) is 14.1. The van der Waals surface area contributed by atoms with Crippen LogP contribution >= 0.6 is 0 Å². The highest BCUT2D eigenvalue weighted by molar-refractivity contribution is 7.92. The van der Waals surface area contributed by atoms with Crippen molar-refractivity contribution in [3.63, 3.8) is 0 Å². The van der Waals surface area contributed by atoms with Gasteiger partial charge in [-0.1, -0.05) is 0 Å². The van der Waals surface area contributed by atoms with Gasteiger partial charge >= 0.3 is 0 Å². The van der Waals surface area contributed by atoms with Crippen molar-refractivity contribution < 1.29 is 26.7 Å². The third-order valence-corrected chi connectivity index (χ3v) is 5.40. The van der Waals surface area contributed by atoms with E-state index in [-0.39, 0.29) is 31.0 Å². The van der Waals surface area contributed by atoms with Crippen LogP contribution in [0.4, 0.5) is 14.5 Å². The van der Waals surface area contributed by atoms with Gasteiger partial charge in [-0.15, -0.1) is 0 Å². The van der Waals surface area contributed by atoms with Crippen molar-refractivity contribution >= 4 is 21.6 Å². The van der Waals surface area contributed by atoms with E-state index in [0.29, 0.717) is 19.8 Å². The normalized spacial score (nSPS) is 15.5. The van der Waals surface area contributed by atoms with Gasteiger partial charge in [0.05, 0.1) is 25.2 Å². The third-order valence-electron chi connectivity index (χ3n) is 4.21. The predicted molar refractivity (Wildman–Crippen MR) is 98.1 cm³/mol. The zero-order valence-corrected chi connectivity index (χ0v) is 16.1. The highest BCUT2D eigenvalue weighted by Gasteiger charge is 2.19. The molecule has 0 spiro atoms. The minimum Gasteiger partial charge on any atom is -0.379 e. The largest absolute Gasteiger partial charge is 0.379 e. The average Bonchev–Trinajstić information content (AvgIpc) is 2.61. The number of hydrogen-bond acceptors (Lipinski definition) is 5. The molecule has 1 saturated heterocycles. The third kappa shape index (κ3) is 7.04. The summed E-state index contributed by atoms with van der Waals surface area (Å²) in [6, 6.07) is 2.90. The molecule has 7 nitrogen and oxygen atoms in total. The number of amides is 1. The van der Waals surface area contributed by atoms with Crippen LogP contribution in [0.15, 0.2) is 18.2 Å². The Morgan fingerprint density at radius 2 is 1.96 bits per heavy atom. The van der Waals surface area contributed by atoms with Crippen molar-refractivity contribution in [2.24, 2.45) is 0 Å². The van der Waals surface area contributed by atoms with Crippen LogP contribution in [-0.4, -0.2) is 71.4 Å². The van der Waals surface area contributed by atoms with Gasteiger partial charge in [0.2, 0.25) is 15.9 Å². The van der Waals surface area contributed by atoms with E-state index in [4.69, 9.17) is 4.74 Å². The van der Waals surface area contributed by atoms with E-state index in [0.717, 1.165) is 42.3 Å². The number of carbonyl (C=O) groups is 1. The number of nitrogens with zero attached hydrogens (tertiary/aromatic N) is 2. The van der Waals surface area contributed by atoms with Gasteiger partial charge in [-0.25, -0.2) is 17.2 Å². The second kappa shape index (κ2) is 9.95. The van der Waals surface area contributed by atoms with Gasteiger partial charge < -0.3 is 10.1 Å². The summed E-state index contributed by atoms with van der Waals surface area (Å²) in [7, 11) is -3.68. The first-order valence-corrected chi connectivity index (χ1v) is 10.6. The molecule has 0 saturated carbocycles. The molecule has 1 heterocycles. The van der Waals surface area contributed by atoms with Crippen molar-refractivity contribution in [2.45, 2.75) is 12.8 Å². The number of benzene rings is 1. The van der Waals surface area contributed by atoms with Crippen molar-refractivity contribution in [1.82, 2.24) is 10.2 Å². The summed E-state index contributed by atoms with van der Waals surface area (Å²) >= 11 is 0. The van der Waals surface area contributed by atoms with Gasteiger partial charge in [0.15, 0.2) is 11.6 Å². The molecule has 1 aromatic carbocycles. The fraction of sp³-hybridized carbons (Fsp3) is 0.588. The Bertz CT molecular complexity index is 740. The summed E-state index contributed by atoms with van der Waals surface area (Å²) < 4.78 is 56.6. The number of hydrogen-bond donors (Lipinski definition) is 1. The first kappa shape index (κ1) is 21.5. The van der Waals surface area contributed by atoms with E-state index in [1.54, 1.807) is 0 Å². The lowest BCUT2D eigenvalue weighted by atomic mass is 10.2. The number of ether oxygens (including phenoxy) is 1. The van der Waals surface area contributed by atoms with Crippen molar-refractivity contribution in [1.29, 1.82) is 0 Å². The lowest BCUT2D eigenvalue weighted by Gasteiger charge is -2.26. The van der Waals surface area contributed by atoms with Crippen molar-refractivity contribution in [2.75, 3.05) is 56.5 Å². The highest BCUT2D eigenvalue weighted by atomic mass is 32.2. The summed E-state index contributed by atoms with van der Waals surface area (Å²) in [5.74, 6) is -2.35. The second-order valence-corrected chi connectivity index (χ2v) is 8.25. The predicted octanol–water partition coefficient (Wildman–Crippen LogP) is 0.959. The highest BCUT2D eigenvalue weighted by Crippen LogP contribution is 2.21. The van der Waals surface area contributed by atoms with E-state index < -0.39 is 21.7 Å². The zero-order chi connectivity index (χ0) is 19.9. The van der Waals surface area contributed by atoms with Gasteiger partial charge in [0.1, 0.15) is 0 Å². The molecule has 0 radical (unpaired) electrons. The minimum atomic E-state index is -3.68. The molecule has 152 valence electrons. The van der Waals surface area contributed by atoms with Gasteiger partial charge in [0.25, 0.3) is 0 Å². The van der Waals surface area contributed by atoms with Crippen molar-refractivity contribution in [3.05, 3.63) is 29.8 Å². The number of halogens is 2. The molecule has 1 fully saturated rings. The standard InChI is InChI=1S/C17H25F2N3O4S/c1-27(24,25)22(14-4-5-15(18)16(19)13-14)7-2-3-17(23)20-6-8-21-9-11-26-12-10-21/h4-5,13H,2-3,6-12H2,1H3,(H,20,23). The zero-order valence-electron chi connectivity index (χ0n) is 15.3. The van der Waals surface area contributed by atoms with E-state index in [9.17, 15) is 22.0 Å². The second-order valence-electron chi connectivity index (χ2n) is 6.34. The van der Waals surface area contributed by atoms with Gasteiger partial charge in [-0.2, -0.15) is 0 Å². The molecule has 1 aromatic rings. The van der Waals surface area contributed by atoms with Crippen LogP contribution < -0.4 is 9.62 Å². The molecule has 27 heavy (non-hydrogen) atoms. The Kier molecular flexibility index (Phi) is 7.93. The Morgan fingerprint density at radius 1 is 1.26 bits per heavy atom. The minimum absolute atomic E-state index is 0.000783. The van der Waals surface area contributed by atoms with Crippen LogP contribution in [0.2, 0.25) is 0 Å². The molecule has 0 bridgehead atoms. The molecule has 0 unspecified atom stereocenters.